The summed E-state index contributed by atoms with van der Waals surface area (Å²) in [4.78, 5) is 18.1. The predicted octanol–water partition coefficient (Wildman–Crippen LogP) is 2.78. The van der Waals surface area contributed by atoms with E-state index in [1.807, 2.05) is 6.07 Å². The minimum absolute atomic E-state index is 0.216. The van der Waals surface area contributed by atoms with Crippen LogP contribution < -0.4 is 0 Å². The number of aromatic nitrogens is 1. The molecule has 6 heteroatoms. The Hall–Kier alpha value is -2.07. The smallest absolute Gasteiger partial charge is 0.305 e. The molecule has 0 saturated heterocycles. The maximum absolute atomic E-state index is 11.2. The van der Waals surface area contributed by atoms with E-state index in [9.17, 15) is 4.79 Å². The Bertz CT molecular complexity index is 401. The highest BCUT2D eigenvalue weighted by Crippen LogP contribution is 2.21. The molecule has 1 rings (SSSR count). The third-order valence-electron chi connectivity index (χ3n) is 2.15. The van der Waals surface area contributed by atoms with Gasteiger partial charge in [0, 0.05) is 23.2 Å². The topological polar surface area (TPSA) is 88.0 Å². The summed E-state index contributed by atoms with van der Waals surface area (Å²) in [5, 5.41) is 3.64. The van der Waals surface area contributed by atoms with E-state index in [0.29, 0.717) is 18.7 Å². The van der Waals surface area contributed by atoms with Gasteiger partial charge >= 0.3 is 5.97 Å². The lowest BCUT2D eigenvalue weighted by atomic mass is 10.1. The first-order valence-corrected chi connectivity index (χ1v) is 5.38. The molecule has 0 fully saturated rings. The first-order valence-electron chi connectivity index (χ1n) is 5.38. The highest BCUT2D eigenvalue weighted by atomic mass is 16.5. The SMILES string of the molecule is CCOC(=O)CCC(N=[N+]=[N-])c1ccccn1. The Balaban J connectivity index is 2.62. The van der Waals surface area contributed by atoms with Gasteiger partial charge in [0.2, 0.25) is 0 Å². The zero-order valence-electron chi connectivity index (χ0n) is 9.61. The Morgan fingerprint density at radius 2 is 2.47 bits per heavy atom. The molecule has 0 aliphatic rings. The minimum Gasteiger partial charge on any atom is -0.466 e. The van der Waals surface area contributed by atoms with Gasteiger partial charge in [-0.25, -0.2) is 0 Å². The number of hydrogen-bond donors (Lipinski definition) is 0. The fraction of sp³-hybridized carbons (Fsp3) is 0.455. The summed E-state index contributed by atoms with van der Waals surface area (Å²) < 4.78 is 4.81. The van der Waals surface area contributed by atoms with Gasteiger partial charge in [-0.1, -0.05) is 11.2 Å². The number of hydrogen-bond acceptors (Lipinski definition) is 4. The lowest BCUT2D eigenvalue weighted by molar-refractivity contribution is -0.143. The summed E-state index contributed by atoms with van der Waals surface area (Å²) in [5.74, 6) is -0.290. The van der Waals surface area contributed by atoms with Crippen LogP contribution in [0.15, 0.2) is 29.5 Å². The quantitative estimate of drug-likeness (QED) is 0.328. The summed E-state index contributed by atoms with van der Waals surface area (Å²) in [5.41, 5.74) is 9.14. The second kappa shape index (κ2) is 7.24. The van der Waals surface area contributed by atoms with Crippen molar-refractivity contribution in [2.75, 3.05) is 6.61 Å². The lowest BCUT2D eigenvalue weighted by Gasteiger charge is -2.09. The maximum atomic E-state index is 11.2. The Morgan fingerprint density at radius 1 is 1.65 bits per heavy atom. The van der Waals surface area contributed by atoms with Crippen molar-refractivity contribution in [3.8, 4) is 0 Å². The number of ether oxygens (including phenoxy) is 1. The van der Waals surface area contributed by atoms with E-state index in [4.69, 9.17) is 10.3 Å². The highest BCUT2D eigenvalue weighted by molar-refractivity contribution is 5.69. The third-order valence-corrected chi connectivity index (χ3v) is 2.15. The molecule has 0 amide bonds. The van der Waals surface area contributed by atoms with Crippen LogP contribution in [0, 0.1) is 0 Å². The van der Waals surface area contributed by atoms with Crippen LogP contribution in [0.25, 0.3) is 10.4 Å². The second-order valence-electron chi connectivity index (χ2n) is 3.32. The van der Waals surface area contributed by atoms with Crippen LogP contribution in [0.2, 0.25) is 0 Å². The molecule has 1 aromatic heterocycles. The van der Waals surface area contributed by atoms with Crippen molar-refractivity contribution in [3.63, 3.8) is 0 Å². The molecule has 1 atom stereocenters. The number of esters is 1. The largest absolute Gasteiger partial charge is 0.466 e. The maximum Gasteiger partial charge on any atom is 0.305 e. The van der Waals surface area contributed by atoms with E-state index in [2.05, 4.69) is 15.0 Å². The number of carbonyl (C=O) groups excluding carboxylic acids is 1. The minimum atomic E-state index is -0.425. The molecule has 0 bridgehead atoms. The van der Waals surface area contributed by atoms with Crippen molar-refractivity contribution in [2.45, 2.75) is 25.8 Å². The standard InChI is InChI=1S/C11H14N4O2/c1-2-17-11(16)7-6-10(14-15-12)9-5-3-4-8-13-9/h3-5,8,10H,2,6-7H2,1H3. The van der Waals surface area contributed by atoms with Crippen molar-refractivity contribution in [3.05, 3.63) is 40.5 Å². The first-order chi connectivity index (χ1) is 8.27. The van der Waals surface area contributed by atoms with Crippen LogP contribution in [0.1, 0.15) is 31.5 Å². The van der Waals surface area contributed by atoms with Gasteiger partial charge in [-0.15, -0.1) is 0 Å². The van der Waals surface area contributed by atoms with Crippen LogP contribution in [0.5, 0.6) is 0 Å². The van der Waals surface area contributed by atoms with Gasteiger partial charge in [-0.05, 0) is 31.0 Å². The van der Waals surface area contributed by atoms with Crippen LogP contribution >= 0.6 is 0 Å². The molecule has 90 valence electrons. The van der Waals surface area contributed by atoms with Crippen LogP contribution in [-0.4, -0.2) is 17.6 Å². The van der Waals surface area contributed by atoms with Crippen molar-refractivity contribution in [1.82, 2.24) is 4.98 Å². The zero-order valence-corrected chi connectivity index (χ0v) is 9.61. The number of carbonyl (C=O) groups is 1. The molecular formula is C11H14N4O2. The molecule has 0 N–H and O–H groups in total. The predicted molar refractivity (Wildman–Crippen MR) is 62.0 cm³/mol. The second-order valence-corrected chi connectivity index (χ2v) is 3.32. The van der Waals surface area contributed by atoms with Crippen molar-refractivity contribution in [2.24, 2.45) is 5.11 Å². The molecule has 6 nitrogen and oxygen atoms in total. The van der Waals surface area contributed by atoms with Gasteiger partial charge in [0.1, 0.15) is 0 Å². The molecule has 0 aliphatic heterocycles. The van der Waals surface area contributed by atoms with Gasteiger partial charge in [0.15, 0.2) is 0 Å². The van der Waals surface area contributed by atoms with E-state index < -0.39 is 6.04 Å². The fourth-order valence-corrected chi connectivity index (χ4v) is 1.39. The van der Waals surface area contributed by atoms with Crippen molar-refractivity contribution in [1.29, 1.82) is 0 Å². The molecule has 17 heavy (non-hydrogen) atoms. The van der Waals surface area contributed by atoms with Crippen molar-refractivity contribution >= 4 is 5.97 Å². The number of azide groups is 1. The van der Waals surface area contributed by atoms with Gasteiger partial charge in [-0.3, -0.25) is 9.78 Å². The number of pyridine rings is 1. The molecule has 0 aliphatic carbocycles. The fourth-order valence-electron chi connectivity index (χ4n) is 1.39. The number of rotatable bonds is 6. The van der Waals surface area contributed by atoms with E-state index in [-0.39, 0.29) is 12.4 Å². The van der Waals surface area contributed by atoms with E-state index in [1.165, 1.54) is 0 Å². The van der Waals surface area contributed by atoms with E-state index in [1.54, 1.807) is 25.3 Å². The number of nitrogens with zero attached hydrogens (tertiary/aromatic N) is 4. The third kappa shape index (κ3) is 4.53. The molecule has 0 aromatic carbocycles. The van der Waals surface area contributed by atoms with Crippen LogP contribution in [-0.2, 0) is 9.53 Å². The highest BCUT2D eigenvalue weighted by Gasteiger charge is 2.13. The summed E-state index contributed by atoms with van der Waals surface area (Å²) in [6.45, 7) is 2.11. The summed E-state index contributed by atoms with van der Waals surface area (Å²) in [6.07, 6.45) is 2.24. The molecule has 1 unspecified atom stereocenters. The zero-order chi connectivity index (χ0) is 12.5. The Labute approximate surface area is 99.2 Å². The summed E-state index contributed by atoms with van der Waals surface area (Å²) in [6, 6.07) is 4.93. The molecular weight excluding hydrogens is 220 g/mol. The van der Waals surface area contributed by atoms with Crippen LogP contribution in [0.4, 0.5) is 0 Å². The molecule has 0 radical (unpaired) electrons. The lowest BCUT2D eigenvalue weighted by Crippen LogP contribution is -2.06. The summed E-state index contributed by atoms with van der Waals surface area (Å²) in [7, 11) is 0. The van der Waals surface area contributed by atoms with Crippen molar-refractivity contribution < 1.29 is 9.53 Å². The summed E-state index contributed by atoms with van der Waals surface area (Å²) >= 11 is 0. The monoisotopic (exact) mass is 234 g/mol. The van der Waals surface area contributed by atoms with E-state index >= 15 is 0 Å². The van der Waals surface area contributed by atoms with E-state index in [0.717, 1.165) is 0 Å². The molecule has 1 heterocycles. The normalized spacial score (nSPS) is 11.4. The van der Waals surface area contributed by atoms with Gasteiger partial charge in [-0.2, -0.15) is 0 Å². The molecule has 0 spiro atoms. The average molecular weight is 234 g/mol. The Morgan fingerprint density at radius 3 is 3.06 bits per heavy atom. The Kier molecular flexibility index (Phi) is 5.54. The average Bonchev–Trinajstić information content (AvgIpc) is 2.36. The molecule has 1 aromatic rings. The molecule has 0 saturated carbocycles. The van der Waals surface area contributed by atoms with Gasteiger partial charge in [0.05, 0.1) is 12.6 Å². The van der Waals surface area contributed by atoms with Gasteiger partial charge in [0.25, 0.3) is 0 Å². The van der Waals surface area contributed by atoms with Crippen LogP contribution in [0.3, 0.4) is 0 Å². The first kappa shape index (κ1) is 13.0. The van der Waals surface area contributed by atoms with Gasteiger partial charge < -0.3 is 4.74 Å².